The molecule has 152 valence electrons. The lowest BCUT2D eigenvalue weighted by molar-refractivity contribution is -0.488. The van der Waals surface area contributed by atoms with Crippen molar-refractivity contribution in [2.75, 3.05) is 0 Å². The third kappa shape index (κ3) is 3.42. The molecule has 29 heavy (non-hydrogen) atoms. The van der Waals surface area contributed by atoms with E-state index in [1.54, 1.807) is 0 Å². The maximum absolute atomic E-state index is 14.1. The summed E-state index contributed by atoms with van der Waals surface area (Å²) >= 11 is 0. The first kappa shape index (κ1) is 21.2. The van der Waals surface area contributed by atoms with E-state index in [-0.39, 0.29) is 12.2 Å². The lowest BCUT2D eigenvalue weighted by Gasteiger charge is -2.29. The highest BCUT2D eigenvalue weighted by Crippen LogP contribution is 2.43. The Bertz CT molecular complexity index is 1020. The van der Waals surface area contributed by atoms with Crippen LogP contribution >= 0.6 is 0 Å². The van der Waals surface area contributed by atoms with Gasteiger partial charge in [0.2, 0.25) is 11.5 Å². The van der Waals surface area contributed by atoms with Crippen molar-refractivity contribution >= 4 is 0 Å². The molecule has 1 aliphatic rings. The van der Waals surface area contributed by atoms with Crippen molar-refractivity contribution in [3.8, 4) is 6.07 Å². The average Bonchev–Trinajstić information content (AvgIpc) is 2.67. The Hall–Kier alpha value is -4.09. The van der Waals surface area contributed by atoms with Crippen molar-refractivity contribution < 1.29 is 36.7 Å². The number of nitro groups is 3. The van der Waals surface area contributed by atoms with Crippen LogP contribution in [-0.2, 0) is 0 Å². The summed E-state index contributed by atoms with van der Waals surface area (Å²) in [6.07, 6.45) is 0.377. The highest BCUT2D eigenvalue weighted by atomic mass is 19.2. The van der Waals surface area contributed by atoms with Crippen LogP contribution in [0.15, 0.2) is 23.5 Å². The molecule has 0 fully saturated rings. The summed E-state index contributed by atoms with van der Waals surface area (Å²) in [6, 6.07) is -0.363. The molecule has 0 bridgehead atoms. The minimum absolute atomic E-state index is 0.189. The van der Waals surface area contributed by atoms with E-state index in [4.69, 9.17) is 0 Å². The van der Waals surface area contributed by atoms with Crippen LogP contribution in [0.2, 0.25) is 0 Å². The fourth-order valence-electron chi connectivity index (χ4n) is 2.66. The molecular weight excluding hydrogens is 415 g/mol. The van der Waals surface area contributed by atoms with Crippen molar-refractivity contribution in [1.29, 1.82) is 5.26 Å². The van der Waals surface area contributed by atoms with Crippen LogP contribution in [0.1, 0.15) is 11.5 Å². The van der Waals surface area contributed by atoms with Gasteiger partial charge in [-0.25, -0.2) is 22.0 Å². The van der Waals surface area contributed by atoms with Gasteiger partial charge >= 0.3 is 0 Å². The predicted molar refractivity (Wildman–Crippen MR) is 78.5 cm³/mol. The summed E-state index contributed by atoms with van der Waals surface area (Å²) in [6.45, 7) is 0. The van der Waals surface area contributed by atoms with Crippen LogP contribution in [-0.4, -0.2) is 14.8 Å². The second-order valence-electron chi connectivity index (χ2n) is 5.40. The number of benzene rings is 1. The molecule has 2 rings (SSSR count). The normalized spacial score (nSPS) is 17.1. The summed E-state index contributed by atoms with van der Waals surface area (Å²) in [4.78, 5) is 29.3. The first-order valence-electron chi connectivity index (χ1n) is 7.08. The van der Waals surface area contributed by atoms with Crippen molar-refractivity contribution in [2.24, 2.45) is 5.92 Å². The molecule has 0 saturated heterocycles. The van der Waals surface area contributed by atoms with E-state index in [9.17, 15) is 57.6 Å². The quantitative estimate of drug-likeness (QED) is 0.178. The van der Waals surface area contributed by atoms with Crippen LogP contribution in [0.4, 0.5) is 22.0 Å². The molecule has 0 N–H and O–H groups in total. The zero-order valence-electron chi connectivity index (χ0n) is 13.4. The summed E-state index contributed by atoms with van der Waals surface area (Å²) in [5, 5.41) is 42.6. The van der Waals surface area contributed by atoms with E-state index < -0.39 is 78.7 Å². The Morgan fingerprint density at radius 1 is 0.931 bits per heavy atom. The van der Waals surface area contributed by atoms with E-state index >= 15 is 0 Å². The molecule has 0 radical (unpaired) electrons. The molecule has 15 heteroatoms. The van der Waals surface area contributed by atoms with Gasteiger partial charge in [0, 0.05) is 11.6 Å². The molecule has 0 aliphatic heterocycles. The Labute approximate surface area is 155 Å². The smallest absolute Gasteiger partial charge is 0.233 e. The van der Waals surface area contributed by atoms with Gasteiger partial charge in [-0.1, -0.05) is 6.08 Å². The summed E-state index contributed by atoms with van der Waals surface area (Å²) in [5.41, 5.74) is -4.42. The molecule has 1 aliphatic carbocycles. The van der Waals surface area contributed by atoms with Crippen LogP contribution < -0.4 is 0 Å². The molecule has 2 atom stereocenters. The lowest BCUT2D eigenvalue weighted by Crippen LogP contribution is -2.33. The molecule has 0 aromatic heterocycles. The van der Waals surface area contributed by atoms with Crippen LogP contribution in [0.25, 0.3) is 0 Å². The van der Waals surface area contributed by atoms with Gasteiger partial charge in [-0.05, 0) is 9.85 Å². The van der Waals surface area contributed by atoms with Crippen molar-refractivity contribution in [3.63, 3.8) is 0 Å². The molecular formula is C14H4F5N4O6-. The second-order valence-corrected chi connectivity index (χ2v) is 5.40. The van der Waals surface area contributed by atoms with E-state index in [1.807, 2.05) is 0 Å². The summed E-state index contributed by atoms with van der Waals surface area (Å²) < 4.78 is 68.4. The van der Waals surface area contributed by atoms with Gasteiger partial charge in [-0.3, -0.25) is 30.3 Å². The molecule has 1 aromatic carbocycles. The second kappa shape index (κ2) is 7.50. The van der Waals surface area contributed by atoms with Crippen LogP contribution in [0.3, 0.4) is 0 Å². The molecule has 0 heterocycles. The number of nitriles is 1. The van der Waals surface area contributed by atoms with E-state index in [0.29, 0.717) is 0 Å². The Kier molecular flexibility index (Phi) is 5.48. The molecule has 10 nitrogen and oxygen atoms in total. The van der Waals surface area contributed by atoms with Gasteiger partial charge in [-0.15, -0.1) is 0 Å². The minimum Gasteiger partial charge on any atom is -0.277 e. The van der Waals surface area contributed by atoms with Crippen LogP contribution in [0, 0.1) is 82.7 Å². The Balaban J connectivity index is 2.83. The van der Waals surface area contributed by atoms with E-state index in [1.165, 1.54) is 0 Å². The molecule has 0 amide bonds. The molecule has 0 spiro atoms. The fourth-order valence-corrected chi connectivity index (χ4v) is 2.66. The summed E-state index contributed by atoms with van der Waals surface area (Å²) in [5.74, 6) is -17.7. The van der Waals surface area contributed by atoms with Gasteiger partial charge in [-0.2, -0.15) is 5.26 Å². The standard InChI is InChI=1S/C14H4F5N4O6/c15-10-9(11(16)13(18)14(19)12(10)17)5(3-20)8-6(22(26)27)1-4(21(24)25)2-7(8)23(28)29/h1-2,5,8H/q-1. The monoisotopic (exact) mass is 419 g/mol. The molecule has 1 aromatic rings. The highest BCUT2D eigenvalue weighted by Gasteiger charge is 2.47. The average molecular weight is 419 g/mol. The van der Waals surface area contributed by atoms with E-state index in [2.05, 4.69) is 0 Å². The number of hydrogen-bond acceptors (Lipinski definition) is 7. The largest absolute Gasteiger partial charge is 0.277 e. The lowest BCUT2D eigenvalue weighted by atomic mass is 9.77. The third-order valence-electron chi connectivity index (χ3n) is 3.89. The Morgan fingerprint density at radius 2 is 1.41 bits per heavy atom. The fraction of sp³-hybridized carbons (Fsp3) is 0.143. The topological polar surface area (TPSA) is 153 Å². The first-order chi connectivity index (χ1) is 13.4. The van der Waals surface area contributed by atoms with Gasteiger partial charge in [0.05, 0.1) is 22.8 Å². The maximum Gasteiger partial charge on any atom is 0.233 e. The minimum atomic E-state index is -2.65. The number of rotatable bonds is 5. The molecule has 0 saturated carbocycles. The third-order valence-corrected chi connectivity index (χ3v) is 3.89. The van der Waals surface area contributed by atoms with Gasteiger partial charge < -0.3 is 0 Å². The van der Waals surface area contributed by atoms with Gasteiger partial charge in [0.1, 0.15) is 11.7 Å². The highest BCUT2D eigenvalue weighted by molar-refractivity contribution is 5.40. The number of nitrogens with zero attached hydrogens (tertiary/aromatic N) is 4. The number of allylic oxidation sites excluding steroid dienone is 1. The molecule has 2 unspecified atom stereocenters. The number of halogens is 5. The van der Waals surface area contributed by atoms with Gasteiger partial charge in [0.25, 0.3) is 0 Å². The first-order valence-corrected chi connectivity index (χ1v) is 7.08. The maximum atomic E-state index is 14.1. The van der Waals surface area contributed by atoms with Crippen molar-refractivity contribution in [3.05, 3.63) is 94.6 Å². The van der Waals surface area contributed by atoms with Crippen LogP contribution in [0.5, 0.6) is 0 Å². The Morgan fingerprint density at radius 3 is 1.79 bits per heavy atom. The van der Waals surface area contributed by atoms with Gasteiger partial charge in [0.15, 0.2) is 23.3 Å². The zero-order valence-corrected chi connectivity index (χ0v) is 13.4. The van der Waals surface area contributed by atoms with E-state index in [0.717, 1.165) is 6.07 Å². The predicted octanol–water partition coefficient (Wildman–Crippen LogP) is 2.75. The zero-order chi connectivity index (χ0) is 22.2. The van der Waals surface area contributed by atoms with Crippen molar-refractivity contribution in [2.45, 2.75) is 5.92 Å². The summed E-state index contributed by atoms with van der Waals surface area (Å²) in [7, 11) is 0. The SMILES string of the molecule is N#CC(c1c(F)c(F)c(F)c(F)c1F)C1C([N+](=O)[O-])=CC([N+](=O)[O-])=C[C-]1[N+](=O)[O-]. The number of hydrogen-bond donors (Lipinski definition) is 0. The van der Waals surface area contributed by atoms with Crippen molar-refractivity contribution in [1.82, 2.24) is 0 Å².